The van der Waals surface area contributed by atoms with Crippen LogP contribution in [0.5, 0.6) is 0 Å². The van der Waals surface area contributed by atoms with Gasteiger partial charge in [-0.15, -0.1) is 0 Å². The minimum absolute atomic E-state index is 0.102. The molecule has 0 amide bonds. The van der Waals surface area contributed by atoms with Gasteiger partial charge in [-0.05, 0) is 40.9 Å². The van der Waals surface area contributed by atoms with E-state index in [2.05, 4.69) is 28.0 Å². The van der Waals surface area contributed by atoms with Crippen molar-refractivity contribution in [3.05, 3.63) is 51.3 Å². The van der Waals surface area contributed by atoms with Gasteiger partial charge in [0.15, 0.2) is 5.78 Å². The Balaban J connectivity index is 2.28. The van der Waals surface area contributed by atoms with Crippen molar-refractivity contribution in [1.82, 2.24) is 9.78 Å². The fourth-order valence-corrected chi connectivity index (χ4v) is 3.18. The number of nitrogens with zero attached hydrogens (tertiary/aromatic N) is 2. The average Bonchev–Trinajstić information content (AvgIpc) is 2.75. The largest absolute Gasteiger partial charge is 0.330 e. The van der Waals surface area contributed by atoms with Crippen molar-refractivity contribution < 1.29 is 4.79 Å². The zero-order chi connectivity index (χ0) is 15.4. The van der Waals surface area contributed by atoms with Crippen molar-refractivity contribution in [2.45, 2.75) is 26.2 Å². The third kappa shape index (κ3) is 3.41. The molecule has 1 heterocycles. The molecule has 1 aromatic carbocycles. The summed E-state index contributed by atoms with van der Waals surface area (Å²) in [5.74, 6) is 0.102. The molecule has 2 rings (SSSR count). The number of aromatic nitrogens is 2. The summed E-state index contributed by atoms with van der Waals surface area (Å²) in [7, 11) is 1.87. The second-order valence-electron chi connectivity index (χ2n) is 4.98. The monoisotopic (exact) mass is 349 g/mol. The highest BCUT2D eigenvalue weighted by atomic mass is 79.9. The predicted octanol–water partition coefficient (Wildman–Crippen LogP) is 2.67. The SMILES string of the molecule is CCc1nn(C)c(CC(=O)c2ccccc2CCN)c1Br. The van der Waals surface area contributed by atoms with Gasteiger partial charge < -0.3 is 5.73 Å². The molecule has 0 aliphatic rings. The number of aryl methyl sites for hydroxylation is 2. The first-order valence-corrected chi connectivity index (χ1v) is 7.89. The number of hydrogen-bond acceptors (Lipinski definition) is 3. The Morgan fingerprint density at radius 3 is 2.71 bits per heavy atom. The van der Waals surface area contributed by atoms with E-state index in [1.54, 1.807) is 4.68 Å². The molecule has 4 nitrogen and oxygen atoms in total. The third-order valence-electron chi connectivity index (χ3n) is 3.56. The van der Waals surface area contributed by atoms with E-state index in [1.807, 2.05) is 31.3 Å². The summed E-state index contributed by atoms with van der Waals surface area (Å²) in [4.78, 5) is 12.6. The third-order valence-corrected chi connectivity index (χ3v) is 4.48. The van der Waals surface area contributed by atoms with Crippen LogP contribution in [0.25, 0.3) is 0 Å². The number of nitrogens with two attached hydrogens (primary N) is 1. The molecule has 0 bridgehead atoms. The number of carbonyl (C=O) groups excluding carboxylic acids is 1. The lowest BCUT2D eigenvalue weighted by molar-refractivity contribution is 0.0989. The molecule has 0 aliphatic carbocycles. The maximum atomic E-state index is 12.6. The van der Waals surface area contributed by atoms with Crippen LogP contribution in [0.2, 0.25) is 0 Å². The predicted molar refractivity (Wildman–Crippen MR) is 87.5 cm³/mol. The summed E-state index contributed by atoms with van der Waals surface area (Å²) >= 11 is 3.56. The molecule has 5 heteroatoms. The van der Waals surface area contributed by atoms with Gasteiger partial charge in [0.05, 0.1) is 22.3 Å². The maximum absolute atomic E-state index is 12.6. The lowest BCUT2D eigenvalue weighted by atomic mass is 9.98. The van der Waals surface area contributed by atoms with Crippen LogP contribution >= 0.6 is 15.9 Å². The van der Waals surface area contributed by atoms with Crippen LogP contribution in [0, 0.1) is 0 Å². The Hall–Kier alpha value is -1.46. The summed E-state index contributed by atoms with van der Waals surface area (Å²) in [5.41, 5.74) is 9.29. The topological polar surface area (TPSA) is 60.9 Å². The quantitative estimate of drug-likeness (QED) is 0.815. The van der Waals surface area contributed by atoms with Crippen molar-refractivity contribution in [2.75, 3.05) is 6.54 Å². The standard InChI is InChI=1S/C16H20BrN3O/c1-3-13-16(17)14(20(2)19-13)10-15(21)12-7-5-4-6-11(12)8-9-18/h4-7H,3,8-10,18H2,1-2H3. The number of benzene rings is 1. The number of hydrogen-bond donors (Lipinski definition) is 1. The van der Waals surface area contributed by atoms with E-state index in [-0.39, 0.29) is 5.78 Å². The van der Waals surface area contributed by atoms with Gasteiger partial charge in [-0.2, -0.15) is 5.10 Å². The van der Waals surface area contributed by atoms with Gasteiger partial charge in [0.1, 0.15) is 0 Å². The van der Waals surface area contributed by atoms with E-state index in [1.165, 1.54) is 0 Å². The first-order valence-electron chi connectivity index (χ1n) is 7.09. The van der Waals surface area contributed by atoms with Gasteiger partial charge in [-0.1, -0.05) is 31.2 Å². The molecule has 0 fully saturated rings. The Kier molecular flexibility index (Phi) is 5.31. The molecule has 0 aliphatic heterocycles. The highest BCUT2D eigenvalue weighted by Crippen LogP contribution is 2.23. The summed E-state index contributed by atoms with van der Waals surface area (Å²) < 4.78 is 2.73. The van der Waals surface area contributed by atoms with Crippen LogP contribution in [0.3, 0.4) is 0 Å². The Bertz CT molecular complexity index is 649. The molecule has 1 aromatic heterocycles. The first-order chi connectivity index (χ1) is 10.1. The lowest BCUT2D eigenvalue weighted by Gasteiger charge is -2.08. The molecule has 2 N–H and O–H groups in total. The lowest BCUT2D eigenvalue weighted by Crippen LogP contribution is -2.12. The van der Waals surface area contributed by atoms with E-state index in [4.69, 9.17) is 5.73 Å². The highest BCUT2D eigenvalue weighted by molar-refractivity contribution is 9.10. The highest BCUT2D eigenvalue weighted by Gasteiger charge is 2.18. The maximum Gasteiger partial charge on any atom is 0.169 e. The van der Waals surface area contributed by atoms with E-state index in [0.29, 0.717) is 19.4 Å². The second-order valence-corrected chi connectivity index (χ2v) is 5.77. The van der Waals surface area contributed by atoms with Crippen LogP contribution in [-0.4, -0.2) is 22.1 Å². The van der Waals surface area contributed by atoms with Crippen LogP contribution < -0.4 is 5.73 Å². The smallest absolute Gasteiger partial charge is 0.169 e. The Labute approximate surface area is 133 Å². The van der Waals surface area contributed by atoms with Gasteiger partial charge in [-0.25, -0.2) is 0 Å². The number of carbonyl (C=O) groups is 1. The molecule has 21 heavy (non-hydrogen) atoms. The fourth-order valence-electron chi connectivity index (χ4n) is 2.43. The fraction of sp³-hybridized carbons (Fsp3) is 0.375. The van der Waals surface area contributed by atoms with Gasteiger partial charge in [0.25, 0.3) is 0 Å². The van der Waals surface area contributed by atoms with Crippen molar-refractivity contribution >= 4 is 21.7 Å². The summed E-state index contributed by atoms with van der Waals surface area (Å²) in [5, 5.41) is 4.43. The molecule has 0 unspecified atom stereocenters. The van der Waals surface area contributed by atoms with Gasteiger partial charge >= 0.3 is 0 Å². The van der Waals surface area contributed by atoms with Crippen molar-refractivity contribution in [1.29, 1.82) is 0 Å². The van der Waals surface area contributed by atoms with E-state index in [9.17, 15) is 4.79 Å². The molecular weight excluding hydrogens is 330 g/mol. The Morgan fingerprint density at radius 2 is 2.10 bits per heavy atom. The van der Waals surface area contributed by atoms with Crippen LogP contribution in [0.15, 0.2) is 28.7 Å². The number of ketones is 1. The van der Waals surface area contributed by atoms with E-state index in [0.717, 1.165) is 33.4 Å². The zero-order valence-corrected chi connectivity index (χ0v) is 14.0. The minimum atomic E-state index is 0.102. The molecule has 0 atom stereocenters. The van der Waals surface area contributed by atoms with Crippen molar-refractivity contribution in [2.24, 2.45) is 12.8 Å². The van der Waals surface area contributed by atoms with Crippen molar-refractivity contribution in [3.63, 3.8) is 0 Å². The van der Waals surface area contributed by atoms with Crippen LogP contribution in [0.1, 0.15) is 34.2 Å². The molecule has 0 saturated carbocycles. The number of Topliss-reactive ketones (excluding diaryl/α,β-unsaturated/α-hetero) is 1. The average molecular weight is 350 g/mol. The molecule has 0 spiro atoms. The van der Waals surface area contributed by atoms with Gasteiger partial charge in [0.2, 0.25) is 0 Å². The number of halogens is 1. The zero-order valence-electron chi connectivity index (χ0n) is 12.4. The molecule has 0 saturated heterocycles. The van der Waals surface area contributed by atoms with E-state index < -0.39 is 0 Å². The van der Waals surface area contributed by atoms with Gasteiger partial charge in [-0.3, -0.25) is 9.48 Å². The van der Waals surface area contributed by atoms with Crippen LogP contribution in [-0.2, 0) is 26.3 Å². The van der Waals surface area contributed by atoms with E-state index >= 15 is 0 Å². The van der Waals surface area contributed by atoms with Gasteiger partial charge in [0, 0.05) is 12.6 Å². The molecule has 112 valence electrons. The second kappa shape index (κ2) is 7.00. The number of rotatable bonds is 6. The first kappa shape index (κ1) is 15.9. The normalized spacial score (nSPS) is 10.9. The molecule has 2 aromatic rings. The Morgan fingerprint density at radius 1 is 1.38 bits per heavy atom. The van der Waals surface area contributed by atoms with Crippen molar-refractivity contribution in [3.8, 4) is 0 Å². The molecular formula is C16H20BrN3O. The minimum Gasteiger partial charge on any atom is -0.330 e. The summed E-state index contributed by atoms with van der Waals surface area (Å²) in [6, 6.07) is 7.67. The summed E-state index contributed by atoms with van der Waals surface area (Å²) in [6.07, 6.45) is 1.90. The molecule has 0 radical (unpaired) electrons. The summed E-state index contributed by atoms with van der Waals surface area (Å²) in [6.45, 7) is 2.59. The van der Waals surface area contributed by atoms with Crippen LogP contribution in [0.4, 0.5) is 0 Å².